The van der Waals surface area contributed by atoms with Gasteiger partial charge in [-0.3, -0.25) is 0 Å². The van der Waals surface area contributed by atoms with E-state index >= 15 is 0 Å². The van der Waals surface area contributed by atoms with Crippen molar-refractivity contribution >= 4 is 6.09 Å². The molecule has 0 spiro atoms. The van der Waals surface area contributed by atoms with Gasteiger partial charge in [-0.25, -0.2) is 4.79 Å². The maximum Gasteiger partial charge on any atom is 0.404 e. The summed E-state index contributed by atoms with van der Waals surface area (Å²) < 4.78 is 0. The smallest absolute Gasteiger partial charge is 0.404 e. The Kier molecular flexibility index (Phi) is 5.47. The van der Waals surface area contributed by atoms with Gasteiger partial charge in [0.2, 0.25) is 0 Å². The van der Waals surface area contributed by atoms with E-state index < -0.39 is 6.09 Å². The SMILES string of the molecule is C=CCNCCNC(=O)O. The van der Waals surface area contributed by atoms with E-state index in [1.807, 2.05) is 0 Å². The van der Waals surface area contributed by atoms with Gasteiger partial charge in [0, 0.05) is 19.6 Å². The number of carbonyl (C=O) groups is 1. The molecule has 10 heavy (non-hydrogen) atoms. The third-order valence-electron chi connectivity index (χ3n) is 0.867. The van der Waals surface area contributed by atoms with Crippen molar-refractivity contribution in [1.82, 2.24) is 10.6 Å². The van der Waals surface area contributed by atoms with Crippen molar-refractivity contribution in [2.45, 2.75) is 0 Å². The minimum atomic E-state index is -0.986. The molecule has 0 heterocycles. The van der Waals surface area contributed by atoms with Gasteiger partial charge in [0.1, 0.15) is 0 Å². The van der Waals surface area contributed by atoms with Crippen LogP contribution in [0.2, 0.25) is 0 Å². The average Bonchev–Trinajstić information content (AvgIpc) is 1.87. The quantitative estimate of drug-likeness (QED) is 0.377. The summed E-state index contributed by atoms with van der Waals surface area (Å²) in [6.45, 7) is 5.27. The molecule has 1 amide bonds. The lowest BCUT2D eigenvalue weighted by Gasteiger charge is -1.99. The summed E-state index contributed by atoms with van der Waals surface area (Å²) in [4.78, 5) is 9.87. The standard InChI is InChI=1S/C6H12N2O2/c1-2-3-7-4-5-8-6(9)10/h2,7-8H,1,3-5H2,(H,9,10). The molecule has 0 aromatic heterocycles. The normalized spacial score (nSPS) is 8.80. The van der Waals surface area contributed by atoms with Crippen molar-refractivity contribution in [3.63, 3.8) is 0 Å². The van der Waals surface area contributed by atoms with Gasteiger partial charge in [-0.1, -0.05) is 6.08 Å². The highest BCUT2D eigenvalue weighted by Crippen LogP contribution is 1.62. The minimum Gasteiger partial charge on any atom is -0.465 e. The Bertz CT molecular complexity index is 114. The van der Waals surface area contributed by atoms with Crippen molar-refractivity contribution < 1.29 is 9.90 Å². The molecule has 0 fully saturated rings. The van der Waals surface area contributed by atoms with Crippen LogP contribution in [0, 0.1) is 0 Å². The van der Waals surface area contributed by atoms with Gasteiger partial charge in [0.05, 0.1) is 0 Å². The van der Waals surface area contributed by atoms with Crippen LogP contribution in [0.25, 0.3) is 0 Å². The van der Waals surface area contributed by atoms with Crippen LogP contribution >= 0.6 is 0 Å². The van der Waals surface area contributed by atoms with E-state index in [0.717, 1.165) is 0 Å². The van der Waals surface area contributed by atoms with Gasteiger partial charge in [-0.2, -0.15) is 0 Å². The predicted molar refractivity (Wildman–Crippen MR) is 39.1 cm³/mol. The molecule has 0 saturated heterocycles. The van der Waals surface area contributed by atoms with Crippen molar-refractivity contribution in [1.29, 1.82) is 0 Å². The summed E-state index contributed by atoms with van der Waals surface area (Å²) in [5, 5.41) is 13.3. The van der Waals surface area contributed by atoms with Crippen LogP contribution in [0.5, 0.6) is 0 Å². The summed E-state index contributed by atoms with van der Waals surface area (Å²) in [5.41, 5.74) is 0. The van der Waals surface area contributed by atoms with E-state index in [0.29, 0.717) is 19.6 Å². The van der Waals surface area contributed by atoms with Crippen LogP contribution in [-0.4, -0.2) is 30.8 Å². The number of hydrogen-bond acceptors (Lipinski definition) is 2. The monoisotopic (exact) mass is 144 g/mol. The molecule has 4 nitrogen and oxygen atoms in total. The number of nitrogens with one attached hydrogen (secondary N) is 2. The average molecular weight is 144 g/mol. The molecule has 0 saturated carbocycles. The van der Waals surface area contributed by atoms with E-state index in [1.54, 1.807) is 6.08 Å². The van der Waals surface area contributed by atoms with Gasteiger partial charge < -0.3 is 15.7 Å². The van der Waals surface area contributed by atoms with E-state index in [-0.39, 0.29) is 0 Å². The minimum absolute atomic E-state index is 0.434. The topological polar surface area (TPSA) is 61.4 Å². The second-order valence-electron chi connectivity index (χ2n) is 1.72. The van der Waals surface area contributed by atoms with Crippen LogP contribution in [0.3, 0.4) is 0 Å². The molecule has 4 heteroatoms. The second-order valence-corrected chi connectivity index (χ2v) is 1.72. The molecule has 0 rings (SSSR count). The highest BCUT2D eigenvalue weighted by molar-refractivity contribution is 5.64. The van der Waals surface area contributed by atoms with E-state index in [9.17, 15) is 4.79 Å². The molecule has 0 aromatic rings. The van der Waals surface area contributed by atoms with Crippen LogP contribution in [-0.2, 0) is 0 Å². The molecule has 0 aliphatic carbocycles. The molecule has 0 bridgehead atoms. The Labute approximate surface area is 59.9 Å². The third-order valence-corrected chi connectivity index (χ3v) is 0.867. The van der Waals surface area contributed by atoms with Crippen molar-refractivity contribution in [2.75, 3.05) is 19.6 Å². The molecular formula is C6H12N2O2. The number of rotatable bonds is 5. The van der Waals surface area contributed by atoms with Gasteiger partial charge in [0.25, 0.3) is 0 Å². The van der Waals surface area contributed by atoms with Gasteiger partial charge in [-0.15, -0.1) is 6.58 Å². The van der Waals surface area contributed by atoms with Gasteiger partial charge in [0.15, 0.2) is 0 Å². The first-order valence-electron chi connectivity index (χ1n) is 3.05. The number of hydrogen-bond donors (Lipinski definition) is 3. The lowest BCUT2D eigenvalue weighted by atomic mass is 10.5. The summed E-state index contributed by atoms with van der Waals surface area (Å²) >= 11 is 0. The highest BCUT2D eigenvalue weighted by Gasteiger charge is 1.89. The second kappa shape index (κ2) is 6.10. The molecule has 3 N–H and O–H groups in total. The lowest BCUT2D eigenvalue weighted by molar-refractivity contribution is 0.194. The van der Waals surface area contributed by atoms with Gasteiger partial charge >= 0.3 is 6.09 Å². The summed E-state index contributed by atoms with van der Waals surface area (Å²) in [7, 11) is 0. The molecule has 0 aliphatic heterocycles. The van der Waals surface area contributed by atoms with E-state index in [1.165, 1.54) is 0 Å². The van der Waals surface area contributed by atoms with E-state index in [2.05, 4.69) is 17.2 Å². The maximum absolute atomic E-state index is 9.87. The van der Waals surface area contributed by atoms with Crippen molar-refractivity contribution in [3.05, 3.63) is 12.7 Å². The van der Waals surface area contributed by atoms with Crippen LogP contribution < -0.4 is 10.6 Å². The summed E-state index contributed by atoms with van der Waals surface area (Å²) in [6.07, 6.45) is 0.737. The van der Waals surface area contributed by atoms with Crippen molar-refractivity contribution in [2.24, 2.45) is 0 Å². The first-order chi connectivity index (χ1) is 4.77. The zero-order valence-corrected chi connectivity index (χ0v) is 5.76. The highest BCUT2D eigenvalue weighted by atomic mass is 16.4. The molecule has 0 radical (unpaired) electrons. The molecule has 0 atom stereocenters. The molecule has 58 valence electrons. The van der Waals surface area contributed by atoms with Crippen LogP contribution in [0.15, 0.2) is 12.7 Å². The Balaban J connectivity index is 2.90. The van der Waals surface area contributed by atoms with Crippen molar-refractivity contribution in [3.8, 4) is 0 Å². The molecular weight excluding hydrogens is 132 g/mol. The fourth-order valence-electron chi connectivity index (χ4n) is 0.462. The van der Waals surface area contributed by atoms with E-state index in [4.69, 9.17) is 5.11 Å². The Morgan fingerprint density at radius 3 is 2.80 bits per heavy atom. The molecule has 0 unspecified atom stereocenters. The summed E-state index contributed by atoms with van der Waals surface area (Å²) in [6, 6.07) is 0. The largest absolute Gasteiger partial charge is 0.465 e. The number of carboxylic acid groups (broad SMARTS) is 1. The predicted octanol–water partition coefficient (Wildman–Crippen LogP) is 0.0296. The number of amides is 1. The first-order valence-corrected chi connectivity index (χ1v) is 3.05. The Morgan fingerprint density at radius 1 is 1.60 bits per heavy atom. The zero-order chi connectivity index (χ0) is 7.82. The fraction of sp³-hybridized carbons (Fsp3) is 0.500. The third kappa shape index (κ3) is 6.97. The Hall–Kier alpha value is -1.03. The molecule has 0 aromatic carbocycles. The fourth-order valence-corrected chi connectivity index (χ4v) is 0.462. The maximum atomic E-state index is 9.87. The van der Waals surface area contributed by atoms with Crippen LogP contribution in [0.1, 0.15) is 0 Å². The Morgan fingerprint density at radius 2 is 2.30 bits per heavy atom. The molecule has 0 aliphatic rings. The summed E-state index contributed by atoms with van der Waals surface area (Å²) in [5.74, 6) is 0. The first kappa shape index (κ1) is 8.97. The zero-order valence-electron chi connectivity index (χ0n) is 5.76. The van der Waals surface area contributed by atoms with Crippen LogP contribution in [0.4, 0.5) is 4.79 Å². The lowest BCUT2D eigenvalue weighted by Crippen LogP contribution is -2.30. The van der Waals surface area contributed by atoms with Gasteiger partial charge in [-0.05, 0) is 0 Å².